The molecule has 0 saturated heterocycles. The van der Waals surface area contributed by atoms with Crippen LogP contribution in [0.25, 0.3) is 32.8 Å². The number of hydrogen-bond acceptors (Lipinski definition) is 5. The molecule has 0 aliphatic rings. The number of carboxylic acid groups (broad SMARTS) is 1. The number of aromatic amines is 1. The third-order valence-corrected chi connectivity index (χ3v) is 6.44. The Morgan fingerprint density at radius 3 is 2.62 bits per heavy atom. The number of hydrogen-bond donors (Lipinski definition) is 3. The van der Waals surface area contributed by atoms with Crippen LogP contribution in [0.5, 0.6) is 5.75 Å². The summed E-state index contributed by atoms with van der Waals surface area (Å²) in [4.78, 5) is 32.1. The maximum atomic E-state index is 12.7. The number of carboxylic acids is 1. The molecule has 0 aliphatic heterocycles. The lowest BCUT2D eigenvalue weighted by atomic mass is 10.00. The summed E-state index contributed by atoms with van der Waals surface area (Å²) in [7, 11) is 0. The quantitative estimate of drug-likeness (QED) is 0.206. The van der Waals surface area contributed by atoms with Crippen LogP contribution in [0.2, 0.25) is 0 Å². The number of nitrogens with one attached hydrogen (secondary N) is 2. The van der Waals surface area contributed by atoms with E-state index in [2.05, 4.69) is 15.3 Å². The Hall–Kier alpha value is -4.85. The lowest BCUT2D eigenvalue weighted by molar-refractivity contribution is 0.0487. The Morgan fingerprint density at radius 2 is 1.82 bits per heavy atom. The van der Waals surface area contributed by atoms with Crippen molar-refractivity contribution in [2.45, 2.75) is 38.8 Å². The number of ether oxygens (including phenoxy) is 2. The maximum Gasteiger partial charge on any atom is 0.408 e. The highest BCUT2D eigenvalue weighted by Gasteiger charge is 2.22. The molecule has 0 fully saturated rings. The highest BCUT2D eigenvalue weighted by atomic mass is 16.6. The minimum absolute atomic E-state index is 0.102. The molecule has 2 aromatic heterocycles. The molecule has 8 heteroatoms. The van der Waals surface area contributed by atoms with Gasteiger partial charge in [0.25, 0.3) is 0 Å². The number of aromatic nitrogens is 2. The van der Waals surface area contributed by atoms with Crippen molar-refractivity contribution >= 4 is 33.7 Å². The van der Waals surface area contributed by atoms with Gasteiger partial charge in [-0.15, -0.1) is 0 Å². The van der Waals surface area contributed by atoms with E-state index in [4.69, 9.17) is 9.47 Å². The van der Waals surface area contributed by atoms with Crippen LogP contribution in [0.3, 0.4) is 0 Å². The van der Waals surface area contributed by atoms with E-state index in [0.29, 0.717) is 17.7 Å². The number of carbonyl (C=O) groups excluding carboxylic acids is 1. The van der Waals surface area contributed by atoms with Crippen LogP contribution in [-0.4, -0.2) is 45.4 Å². The Morgan fingerprint density at radius 1 is 1.00 bits per heavy atom. The molecule has 204 valence electrons. The van der Waals surface area contributed by atoms with Gasteiger partial charge in [0, 0.05) is 34.9 Å². The molecule has 0 aliphatic carbocycles. The Kier molecular flexibility index (Phi) is 7.42. The zero-order valence-corrected chi connectivity index (χ0v) is 22.6. The van der Waals surface area contributed by atoms with Gasteiger partial charge in [0.15, 0.2) is 0 Å². The first-order chi connectivity index (χ1) is 19.1. The van der Waals surface area contributed by atoms with Crippen LogP contribution in [0.1, 0.15) is 36.7 Å². The number of alkyl carbamates (subject to hydrolysis) is 1. The molecule has 0 spiro atoms. The number of rotatable bonds is 8. The summed E-state index contributed by atoms with van der Waals surface area (Å²) >= 11 is 0. The molecule has 5 rings (SSSR count). The molecule has 0 radical (unpaired) electrons. The Balaban J connectivity index is 1.42. The van der Waals surface area contributed by atoms with Crippen molar-refractivity contribution in [1.29, 1.82) is 0 Å². The smallest absolute Gasteiger partial charge is 0.408 e. The van der Waals surface area contributed by atoms with Crippen LogP contribution in [0.4, 0.5) is 4.79 Å². The Bertz CT molecular complexity index is 1690. The fourth-order valence-electron chi connectivity index (χ4n) is 4.62. The van der Waals surface area contributed by atoms with Crippen LogP contribution in [-0.2, 0) is 11.2 Å². The molecule has 3 N–H and O–H groups in total. The van der Waals surface area contributed by atoms with Gasteiger partial charge in [-0.2, -0.15) is 0 Å². The molecule has 0 saturated carbocycles. The second-order valence-corrected chi connectivity index (χ2v) is 10.7. The van der Waals surface area contributed by atoms with E-state index in [1.54, 1.807) is 39.2 Å². The number of aromatic carboxylic acids is 1. The van der Waals surface area contributed by atoms with Gasteiger partial charge in [-0.25, -0.2) is 9.59 Å². The summed E-state index contributed by atoms with van der Waals surface area (Å²) in [5.74, 6) is -0.668. The fraction of sp³-hybridized carbons (Fsp3) is 0.219. The molecule has 0 bridgehead atoms. The lowest BCUT2D eigenvalue weighted by Gasteiger charge is -2.24. The van der Waals surface area contributed by atoms with E-state index in [1.807, 2.05) is 60.8 Å². The predicted octanol–water partition coefficient (Wildman–Crippen LogP) is 6.60. The van der Waals surface area contributed by atoms with Crippen molar-refractivity contribution in [1.82, 2.24) is 15.3 Å². The van der Waals surface area contributed by atoms with Crippen LogP contribution >= 0.6 is 0 Å². The zero-order chi connectivity index (χ0) is 28.3. The minimum Gasteiger partial charge on any atom is -0.491 e. The summed E-state index contributed by atoms with van der Waals surface area (Å²) in [6, 6.07) is 20.2. The molecule has 5 aromatic rings. The van der Waals surface area contributed by atoms with Crippen LogP contribution < -0.4 is 10.1 Å². The van der Waals surface area contributed by atoms with E-state index in [1.165, 1.54) is 6.07 Å². The van der Waals surface area contributed by atoms with E-state index in [9.17, 15) is 14.7 Å². The molecule has 8 nitrogen and oxygen atoms in total. The molecule has 1 atom stereocenters. The van der Waals surface area contributed by atoms with Gasteiger partial charge in [-0.05, 0) is 85.7 Å². The number of benzene rings is 3. The van der Waals surface area contributed by atoms with Gasteiger partial charge in [-0.3, -0.25) is 4.98 Å². The normalized spacial score (nSPS) is 12.3. The minimum atomic E-state index is -1.06. The van der Waals surface area contributed by atoms with Crippen molar-refractivity contribution < 1.29 is 24.2 Å². The summed E-state index contributed by atoms with van der Waals surface area (Å²) in [5, 5.41) is 15.8. The standard InChI is InChI=1S/C32H31N3O5/c1-32(2,3)40-31(38)35-26(14-25-18-34-29-7-5-4-6-28(25)29)19-39-27-15-23(13-24(16-27)30(36)37)20-8-9-22-17-33-11-10-21(22)12-20/h4-13,15-18,26,34H,14,19H2,1-3H3,(H,35,38)(H,36,37). The SMILES string of the molecule is CC(C)(C)OC(=O)NC(COc1cc(C(=O)O)cc(-c2ccc3cnccc3c2)c1)Cc1c[nH]c2ccccc12. The molecular formula is C32H31N3O5. The van der Waals surface area contributed by atoms with Gasteiger partial charge in [0.2, 0.25) is 0 Å². The molecule has 3 aromatic carbocycles. The first-order valence-electron chi connectivity index (χ1n) is 13.0. The first-order valence-corrected chi connectivity index (χ1v) is 13.0. The monoisotopic (exact) mass is 537 g/mol. The van der Waals surface area contributed by atoms with E-state index >= 15 is 0 Å². The fourth-order valence-corrected chi connectivity index (χ4v) is 4.62. The number of fused-ring (bicyclic) bond motifs is 2. The third kappa shape index (κ3) is 6.40. The van der Waals surface area contributed by atoms with Crippen molar-refractivity contribution in [2.24, 2.45) is 0 Å². The van der Waals surface area contributed by atoms with Gasteiger partial charge < -0.3 is 24.9 Å². The summed E-state index contributed by atoms with van der Waals surface area (Å²) in [5.41, 5.74) is 3.04. The van der Waals surface area contributed by atoms with Crippen molar-refractivity contribution in [3.8, 4) is 16.9 Å². The summed E-state index contributed by atoms with van der Waals surface area (Å²) < 4.78 is 11.6. The average Bonchev–Trinajstić information content (AvgIpc) is 3.33. The van der Waals surface area contributed by atoms with Crippen molar-refractivity contribution in [3.63, 3.8) is 0 Å². The molecular weight excluding hydrogens is 506 g/mol. The number of nitrogens with zero attached hydrogens (tertiary/aromatic N) is 1. The molecule has 2 heterocycles. The van der Waals surface area contributed by atoms with E-state index < -0.39 is 23.7 Å². The summed E-state index contributed by atoms with van der Waals surface area (Å²) in [6.07, 6.45) is 5.36. The van der Waals surface area contributed by atoms with Crippen molar-refractivity contribution in [3.05, 3.63) is 96.4 Å². The number of amides is 1. The second kappa shape index (κ2) is 11.1. The Labute approximate surface area is 232 Å². The molecule has 1 unspecified atom stereocenters. The van der Waals surface area contributed by atoms with Crippen LogP contribution in [0, 0.1) is 0 Å². The molecule has 1 amide bonds. The average molecular weight is 538 g/mol. The largest absolute Gasteiger partial charge is 0.491 e. The lowest BCUT2D eigenvalue weighted by Crippen LogP contribution is -2.43. The number of para-hydroxylation sites is 1. The number of carbonyl (C=O) groups is 2. The number of pyridine rings is 1. The summed E-state index contributed by atoms with van der Waals surface area (Å²) in [6.45, 7) is 5.52. The highest BCUT2D eigenvalue weighted by molar-refractivity contribution is 5.92. The molecule has 40 heavy (non-hydrogen) atoms. The zero-order valence-electron chi connectivity index (χ0n) is 22.6. The van der Waals surface area contributed by atoms with Gasteiger partial charge >= 0.3 is 12.1 Å². The highest BCUT2D eigenvalue weighted by Crippen LogP contribution is 2.29. The topological polar surface area (TPSA) is 114 Å². The third-order valence-electron chi connectivity index (χ3n) is 6.44. The predicted molar refractivity (Wildman–Crippen MR) is 155 cm³/mol. The van der Waals surface area contributed by atoms with Gasteiger partial charge in [0.05, 0.1) is 11.6 Å². The first kappa shape index (κ1) is 26.7. The van der Waals surface area contributed by atoms with E-state index in [0.717, 1.165) is 32.8 Å². The van der Waals surface area contributed by atoms with Gasteiger partial charge in [0.1, 0.15) is 18.0 Å². The number of H-pyrrole nitrogens is 1. The second-order valence-electron chi connectivity index (χ2n) is 10.7. The maximum absolute atomic E-state index is 12.7. The van der Waals surface area contributed by atoms with E-state index in [-0.39, 0.29) is 12.2 Å². The van der Waals surface area contributed by atoms with Crippen molar-refractivity contribution in [2.75, 3.05) is 6.61 Å². The van der Waals surface area contributed by atoms with Gasteiger partial charge in [-0.1, -0.05) is 30.3 Å². The van der Waals surface area contributed by atoms with Crippen LogP contribution in [0.15, 0.2) is 85.3 Å².